The molecule has 1 saturated carbocycles. The van der Waals surface area contributed by atoms with E-state index >= 15 is 0 Å². The first-order valence-electron chi connectivity index (χ1n) is 12.1. The summed E-state index contributed by atoms with van der Waals surface area (Å²) in [5, 5.41) is 13.5. The maximum Gasteiger partial charge on any atom is 0.309 e. The van der Waals surface area contributed by atoms with Gasteiger partial charge in [0.15, 0.2) is 5.13 Å². The number of methoxy groups -OCH3 is 1. The van der Waals surface area contributed by atoms with Gasteiger partial charge in [-0.05, 0) is 43.5 Å². The van der Waals surface area contributed by atoms with E-state index in [-0.39, 0.29) is 34.8 Å². The molecule has 2 aliphatic rings. The van der Waals surface area contributed by atoms with Gasteiger partial charge in [-0.3, -0.25) is 19.7 Å². The zero-order valence-electron chi connectivity index (χ0n) is 20.6. The van der Waals surface area contributed by atoms with E-state index in [9.17, 15) is 14.4 Å². The molecular formula is C26H26N4O7S. The number of nitrogens with one attached hydrogen (secondary N) is 1. The number of ether oxygens (including phenoxy) is 3. The molecule has 2 N–H and O–H groups in total. The molecule has 1 aliphatic carbocycles. The minimum atomic E-state index is -1.01. The van der Waals surface area contributed by atoms with Crippen molar-refractivity contribution < 1.29 is 33.7 Å². The van der Waals surface area contributed by atoms with Gasteiger partial charge < -0.3 is 24.2 Å². The van der Waals surface area contributed by atoms with Crippen LogP contribution in [0.3, 0.4) is 0 Å². The molecular weight excluding hydrogens is 512 g/mol. The van der Waals surface area contributed by atoms with Crippen molar-refractivity contribution in [1.82, 2.24) is 14.9 Å². The Bertz CT molecular complexity index is 1350. The normalized spacial score (nSPS) is 15.3. The summed E-state index contributed by atoms with van der Waals surface area (Å²) in [5.74, 6) is -0.723. The highest BCUT2D eigenvalue weighted by atomic mass is 32.1. The average molecular weight is 539 g/mol. The molecule has 0 spiro atoms. The zero-order chi connectivity index (χ0) is 26.7. The number of anilines is 1. The van der Waals surface area contributed by atoms with Crippen LogP contribution in [0.1, 0.15) is 45.7 Å². The maximum absolute atomic E-state index is 13.1. The van der Waals surface area contributed by atoms with Gasteiger partial charge in [-0.15, -0.1) is 11.3 Å². The van der Waals surface area contributed by atoms with Gasteiger partial charge in [0, 0.05) is 43.3 Å². The van der Waals surface area contributed by atoms with Gasteiger partial charge in [-0.25, -0.2) is 4.98 Å². The van der Waals surface area contributed by atoms with Gasteiger partial charge in [-0.2, -0.15) is 4.98 Å². The number of pyridine rings is 1. The first-order valence-corrected chi connectivity index (χ1v) is 13.0. The molecule has 0 unspecified atom stereocenters. The fourth-order valence-corrected chi connectivity index (χ4v) is 4.58. The highest BCUT2D eigenvalue weighted by Crippen LogP contribution is 2.40. The first-order chi connectivity index (χ1) is 18.3. The van der Waals surface area contributed by atoms with E-state index in [1.54, 1.807) is 41.7 Å². The number of aromatic nitrogens is 2. The summed E-state index contributed by atoms with van der Waals surface area (Å²) >= 11 is 1.13. The van der Waals surface area contributed by atoms with E-state index in [1.165, 1.54) is 12.1 Å². The van der Waals surface area contributed by atoms with Crippen molar-refractivity contribution in [1.29, 1.82) is 0 Å². The fourth-order valence-electron chi connectivity index (χ4n) is 3.87. The number of carbonyl (C=O) groups is 3. The van der Waals surface area contributed by atoms with Crippen molar-refractivity contribution in [2.24, 2.45) is 0 Å². The number of likely N-dealkylation sites (tertiary alicyclic amines) is 1. The molecule has 0 atom stereocenters. The second-order valence-corrected chi connectivity index (χ2v) is 10.0. The van der Waals surface area contributed by atoms with E-state index in [4.69, 9.17) is 19.3 Å². The molecule has 5 rings (SSSR count). The van der Waals surface area contributed by atoms with E-state index in [1.807, 2.05) is 0 Å². The standard InChI is InChI=1S/C26H26N4O7S/c1-35-15-26(7-8-26)37-21-12-17(23(33)29-25-27-18(14-38-25)13-22(31)32)11-20(28-21)36-19-5-3-16(4-6-19)24(34)30-9-2-10-30/h3-6,11-12,14H,2,7-10,13,15H2,1H3,(H,31,32)(H,27,29,33). The highest BCUT2D eigenvalue weighted by molar-refractivity contribution is 7.14. The smallest absolute Gasteiger partial charge is 0.309 e. The van der Waals surface area contributed by atoms with Gasteiger partial charge >= 0.3 is 5.97 Å². The molecule has 198 valence electrons. The van der Waals surface area contributed by atoms with Crippen molar-refractivity contribution >= 4 is 34.3 Å². The number of carbonyl (C=O) groups excluding carboxylic acids is 2. The minimum Gasteiger partial charge on any atom is -0.481 e. The maximum atomic E-state index is 13.1. The average Bonchev–Trinajstić information content (AvgIpc) is 3.45. The van der Waals surface area contributed by atoms with Crippen molar-refractivity contribution in [3.05, 3.63) is 58.6 Å². The number of nitrogens with zero attached hydrogens (tertiary/aromatic N) is 3. The van der Waals surface area contributed by atoms with Crippen LogP contribution in [0.4, 0.5) is 5.13 Å². The first kappa shape index (κ1) is 25.6. The molecule has 11 nitrogen and oxygen atoms in total. The molecule has 2 amide bonds. The van der Waals surface area contributed by atoms with Crippen LogP contribution in [0.25, 0.3) is 0 Å². The second-order valence-electron chi connectivity index (χ2n) is 9.19. The Morgan fingerprint density at radius 3 is 2.45 bits per heavy atom. The van der Waals surface area contributed by atoms with Crippen LogP contribution in [-0.4, -0.2) is 70.2 Å². The molecule has 1 aromatic carbocycles. The molecule has 0 bridgehead atoms. The quantitative estimate of drug-likeness (QED) is 0.375. The van der Waals surface area contributed by atoms with Gasteiger partial charge in [0.05, 0.1) is 24.3 Å². The Balaban J connectivity index is 1.35. The predicted molar refractivity (Wildman–Crippen MR) is 137 cm³/mol. The third-order valence-corrected chi connectivity index (χ3v) is 6.95. The second kappa shape index (κ2) is 10.8. The number of hydrogen-bond acceptors (Lipinski definition) is 9. The van der Waals surface area contributed by atoms with Gasteiger partial charge in [0.2, 0.25) is 11.8 Å². The lowest BCUT2D eigenvalue weighted by Gasteiger charge is -2.30. The van der Waals surface area contributed by atoms with E-state index in [0.29, 0.717) is 23.6 Å². The third-order valence-electron chi connectivity index (χ3n) is 6.15. The lowest BCUT2D eigenvalue weighted by Crippen LogP contribution is -2.41. The van der Waals surface area contributed by atoms with E-state index in [0.717, 1.165) is 43.7 Å². The van der Waals surface area contributed by atoms with Crippen LogP contribution in [0.15, 0.2) is 41.8 Å². The summed E-state index contributed by atoms with van der Waals surface area (Å²) in [6.45, 7) is 1.93. The zero-order valence-corrected chi connectivity index (χ0v) is 21.5. The summed E-state index contributed by atoms with van der Waals surface area (Å²) in [5.41, 5.74) is 0.654. The Morgan fingerprint density at radius 2 is 1.82 bits per heavy atom. The summed E-state index contributed by atoms with van der Waals surface area (Å²) in [7, 11) is 1.60. The Labute approximate surface area is 222 Å². The Kier molecular flexibility index (Phi) is 7.25. The largest absolute Gasteiger partial charge is 0.481 e. The van der Waals surface area contributed by atoms with Crippen LogP contribution >= 0.6 is 11.3 Å². The molecule has 2 fully saturated rings. The minimum absolute atomic E-state index is 0.0168. The summed E-state index contributed by atoms with van der Waals surface area (Å²) in [6.07, 6.45) is 2.38. The van der Waals surface area contributed by atoms with Crippen molar-refractivity contribution in [2.45, 2.75) is 31.3 Å². The number of carboxylic acids is 1. The molecule has 0 radical (unpaired) electrons. The van der Waals surface area contributed by atoms with Crippen LogP contribution in [0, 0.1) is 0 Å². The van der Waals surface area contributed by atoms with E-state index < -0.39 is 17.5 Å². The number of benzene rings is 1. The molecule has 1 saturated heterocycles. The molecule has 3 heterocycles. The van der Waals surface area contributed by atoms with Crippen LogP contribution < -0.4 is 14.8 Å². The van der Waals surface area contributed by atoms with Gasteiger partial charge in [-0.1, -0.05) is 0 Å². The van der Waals surface area contributed by atoms with Gasteiger partial charge in [0.25, 0.3) is 11.8 Å². The number of carboxylic acid groups (broad SMARTS) is 1. The SMILES string of the molecule is COCC1(Oc2cc(C(=O)Nc3nc(CC(=O)O)cs3)cc(Oc3ccc(C(=O)N4CCC4)cc3)n2)CC1. The van der Waals surface area contributed by atoms with Crippen LogP contribution in [0.2, 0.25) is 0 Å². The van der Waals surface area contributed by atoms with E-state index in [2.05, 4.69) is 15.3 Å². The molecule has 12 heteroatoms. The van der Waals surface area contributed by atoms with Crippen molar-refractivity contribution in [3.63, 3.8) is 0 Å². The summed E-state index contributed by atoms with van der Waals surface area (Å²) < 4.78 is 17.3. The lowest BCUT2D eigenvalue weighted by atomic mass is 10.1. The van der Waals surface area contributed by atoms with Gasteiger partial charge in [0.1, 0.15) is 11.4 Å². The van der Waals surface area contributed by atoms with Crippen molar-refractivity contribution in [3.8, 4) is 17.5 Å². The fraction of sp³-hybridized carbons (Fsp3) is 0.346. The summed E-state index contributed by atoms with van der Waals surface area (Å²) in [6, 6.07) is 9.73. The Morgan fingerprint density at radius 1 is 1.08 bits per heavy atom. The topological polar surface area (TPSA) is 140 Å². The van der Waals surface area contributed by atoms with Crippen molar-refractivity contribution in [2.75, 3.05) is 32.1 Å². The monoisotopic (exact) mass is 538 g/mol. The third kappa shape index (κ3) is 6.09. The molecule has 38 heavy (non-hydrogen) atoms. The number of rotatable bonds is 11. The Hall–Kier alpha value is -4.03. The number of amides is 2. The lowest BCUT2D eigenvalue weighted by molar-refractivity contribution is -0.136. The summed E-state index contributed by atoms with van der Waals surface area (Å²) in [4.78, 5) is 46.8. The van der Waals surface area contributed by atoms with Crippen LogP contribution in [-0.2, 0) is 16.0 Å². The number of thiazole rings is 1. The molecule has 2 aromatic heterocycles. The highest BCUT2D eigenvalue weighted by Gasteiger charge is 2.46. The molecule has 3 aromatic rings. The number of hydrogen-bond donors (Lipinski definition) is 2. The number of aliphatic carboxylic acids is 1. The molecule has 1 aliphatic heterocycles. The van der Waals surface area contributed by atoms with Crippen LogP contribution in [0.5, 0.6) is 17.5 Å². The predicted octanol–water partition coefficient (Wildman–Crippen LogP) is 3.61.